The summed E-state index contributed by atoms with van der Waals surface area (Å²) in [5, 5.41) is 0. The van der Waals surface area contributed by atoms with Gasteiger partial charge in [-0.15, -0.1) is 11.6 Å². The van der Waals surface area contributed by atoms with Gasteiger partial charge < -0.3 is 9.64 Å². The Morgan fingerprint density at radius 1 is 1.36 bits per heavy atom. The van der Waals surface area contributed by atoms with Crippen molar-refractivity contribution in [1.82, 2.24) is 4.90 Å². The van der Waals surface area contributed by atoms with Crippen molar-refractivity contribution in [3.63, 3.8) is 0 Å². The van der Waals surface area contributed by atoms with Crippen molar-refractivity contribution in [3.05, 3.63) is 0 Å². The number of amides is 1. The lowest BCUT2D eigenvalue weighted by Gasteiger charge is -2.15. The van der Waals surface area contributed by atoms with Crippen LogP contribution in [0.25, 0.3) is 0 Å². The molecule has 0 aliphatic heterocycles. The normalized spacial score (nSPS) is 9.64. The molecular formula is C9H16ClNO3. The molecular weight excluding hydrogens is 206 g/mol. The maximum atomic E-state index is 11.3. The van der Waals surface area contributed by atoms with E-state index >= 15 is 0 Å². The Morgan fingerprint density at radius 2 is 2.00 bits per heavy atom. The molecule has 14 heavy (non-hydrogen) atoms. The van der Waals surface area contributed by atoms with Crippen LogP contribution in [0.15, 0.2) is 0 Å². The Morgan fingerprint density at radius 3 is 2.50 bits per heavy atom. The maximum absolute atomic E-state index is 11.3. The fourth-order valence-electron chi connectivity index (χ4n) is 0.895. The van der Waals surface area contributed by atoms with Gasteiger partial charge in [0.15, 0.2) is 0 Å². The number of halogens is 1. The number of carbonyl (C=O) groups excluding carboxylic acids is 2. The first-order valence-corrected chi connectivity index (χ1v) is 5.02. The molecule has 0 saturated heterocycles. The van der Waals surface area contributed by atoms with Crippen LogP contribution in [0, 0.1) is 0 Å². The largest absolute Gasteiger partial charge is 0.469 e. The van der Waals surface area contributed by atoms with Crippen LogP contribution < -0.4 is 0 Å². The fourth-order valence-corrected chi connectivity index (χ4v) is 1.03. The fraction of sp³-hybridized carbons (Fsp3) is 0.778. The molecule has 0 aromatic heterocycles. The van der Waals surface area contributed by atoms with Gasteiger partial charge in [-0.1, -0.05) is 0 Å². The summed E-state index contributed by atoms with van der Waals surface area (Å²) < 4.78 is 4.46. The number of ether oxygens (including phenoxy) is 1. The lowest BCUT2D eigenvalue weighted by molar-refractivity contribution is -0.141. The summed E-state index contributed by atoms with van der Waals surface area (Å²) in [6, 6.07) is 0. The highest BCUT2D eigenvalue weighted by molar-refractivity contribution is 6.17. The van der Waals surface area contributed by atoms with E-state index in [1.807, 2.05) is 0 Å². The summed E-state index contributed by atoms with van der Waals surface area (Å²) >= 11 is 5.46. The SMILES string of the molecule is COC(=O)CCN(C)C(=O)CCCCl. The quantitative estimate of drug-likeness (QED) is 0.497. The van der Waals surface area contributed by atoms with E-state index in [2.05, 4.69) is 4.74 Å². The van der Waals surface area contributed by atoms with Gasteiger partial charge in [0.2, 0.25) is 5.91 Å². The van der Waals surface area contributed by atoms with Gasteiger partial charge in [0.05, 0.1) is 13.5 Å². The topological polar surface area (TPSA) is 46.6 Å². The second-order valence-electron chi connectivity index (χ2n) is 2.93. The highest BCUT2D eigenvalue weighted by atomic mass is 35.5. The van der Waals surface area contributed by atoms with Crippen molar-refractivity contribution in [2.75, 3.05) is 26.6 Å². The van der Waals surface area contributed by atoms with Crippen molar-refractivity contribution < 1.29 is 14.3 Å². The molecule has 0 spiro atoms. The zero-order valence-electron chi connectivity index (χ0n) is 8.59. The molecule has 0 N–H and O–H groups in total. The number of nitrogens with zero attached hydrogens (tertiary/aromatic N) is 1. The van der Waals surface area contributed by atoms with Crippen molar-refractivity contribution >= 4 is 23.5 Å². The second kappa shape index (κ2) is 7.62. The van der Waals surface area contributed by atoms with Gasteiger partial charge in [-0.05, 0) is 6.42 Å². The Bertz CT molecular complexity index is 196. The highest BCUT2D eigenvalue weighted by Crippen LogP contribution is 1.98. The number of carbonyl (C=O) groups is 2. The van der Waals surface area contributed by atoms with E-state index in [0.29, 0.717) is 25.3 Å². The highest BCUT2D eigenvalue weighted by Gasteiger charge is 2.09. The molecule has 1 amide bonds. The molecule has 0 saturated carbocycles. The first kappa shape index (κ1) is 13.2. The molecule has 0 fully saturated rings. The molecule has 0 radical (unpaired) electrons. The van der Waals surface area contributed by atoms with Crippen LogP contribution >= 0.6 is 11.6 Å². The minimum Gasteiger partial charge on any atom is -0.469 e. The van der Waals surface area contributed by atoms with Crippen LogP contribution in [0.4, 0.5) is 0 Å². The first-order chi connectivity index (χ1) is 6.61. The molecule has 0 rings (SSSR count). The monoisotopic (exact) mass is 221 g/mol. The second-order valence-corrected chi connectivity index (χ2v) is 3.31. The van der Waals surface area contributed by atoms with Crippen LogP contribution in [0.2, 0.25) is 0 Å². The molecule has 4 nitrogen and oxygen atoms in total. The molecule has 0 heterocycles. The number of hydrogen-bond acceptors (Lipinski definition) is 3. The molecule has 0 aromatic carbocycles. The number of alkyl halides is 1. The average Bonchev–Trinajstić information content (AvgIpc) is 2.21. The zero-order valence-corrected chi connectivity index (χ0v) is 9.34. The molecule has 0 aromatic rings. The predicted molar refractivity (Wildman–Crippen MR) is 54.2 cm³/mol. The van der Waals surface area contributed by atoms with E-state index in [0.717, 1.165) is 0 Å². The number of hydrogen-bond donors (Lipinski definition) is 0. The summed E-state index contributed by atoms with van der Waals surface area (Å²) in [5.74, 6) is 0.188. The Kier molecular flexibility index (Phi) is 7.20. The van der Waals surface area contributed by atoms with Gasteiger partial charge in [0.25, 0.3) is 0 Å². The third-order valence-electron chi connectivity index (χ3n) is 1.83. The third-order valence-corrected chi connectivity index (χ3v) is 2.10. The number of rotatable bonds is 6. The molecule has 0 bridgehead atoms. The van der Waals surface area contributed by atoms with Gasteiger partial charge in [-0.25, -0.2) is 0 Å². The van der Waals surface area contributed by atoms with E-state index in [1.54, 1.807) is 7.05 Å². The Labute approximate surface area is 89.2 Å². The lowest BCUT2D eigenvalue weighted by atomic mass is 10.3. The van der Waals surface area contributed by atoms with E-state index in [-0.39, 0.29) is 18.3 Å². The molecule has 5 heteroatoms. The minimum absolute atomic E-state index is 0.00885. The summed E-state index contributed by atoms with van der Waals surface area (Å²) in [4.78, 5) is 23.6. The van der Waals surface area contributed by atoms with Crippen LogP contribution in [0.1, 0.15) is 19.3 Å². The van der Waals surface area contributed by atoms with Crippen molar-refractivity contribution in [2.24, 2.45) is 0 Å². The van der Waals surface area contributed by atoms with Gasteiger partial charge in [0, 0.05) is 25.9 Å². The van der Waals surface area contributed by atoms with Gasteiger partial charge in [-0.2, -0.15) is 0 Å². The van der Waals surface area contributed by atoms with Gasteiger partial charge in [0.1, 0.15) is 0 Å². The minimum atomic E-state index is -0.304. The standard InChI is InChI=1S/C9H16ClNO3/c1-11(7-5-9(13)14-2)8(12)4-3-6-10/h3-7H2,1-2H3. The van der Waals surface area contributed by atoms with E-state index in [4.69, 9.17) is 11.6 Å². The van der Waals surface area contributed by atoms with Crippen LogP contribution in [-0.4, -0.2) is 43.4 Å². The van der Waals surface area contributed by atoms with E-state index < -0.39 is 0 Å². The molecule has 82 valence electrons. The lowest BCUT2D eigenvalue weighted by Crippen LogP contribution is -2.29. The van der Waals surface area contributed by atoms with E-state index in [9.17, 15) is 9.59 Å². The maximum Gasteiger partial charge on any atom is 0.307 e. The zero-order chi connectivity index (χ0) is 11.0. The van der Waals surface area contributed by atoms with Crippen molar-refractivity contribution in [2.45, 2.75) is 19.3 Å². The number of esters is 1. The number of methoxy groups -OCH3 is 1. The van der Waals surface area contributed by atoms with E-state index in [1.165, 1.54) is 12.0 Å². The van der Waals surface area contributed by atoms with Crippen molar-refractivity contribution in [1.29, 1.82) is 0 Å². The summed E-state index contributed by atoms with van der Waals surface area (Å²) in [6.45, 7) is 0.397. The molecule has 0 aliphatic carbocycles. The Hall–Kier alpha value is -0.770. The summed E-state index contributed by atoms with van der Waals surface area (Å²) in [7, 11) is 3.00. The first-order valence-electron chi connectivity index (χ1n) is 4.48. The molecule has 0 aliphatic rings. The molecule has 0 atom stereocenters. The van der Waals surface area contributed by atoms with Crippen LogP contribution in [0.5, 0.6) is 0 Å². The van der Waals surface area contributed by atoms with Crippen LogP contribution in [0.3, 0.4) is 0 Å². The summed E-state index contributed by atoms with van der Waals surface area (Å²) in [5.41, 5.74) is 0. The third kappa shape index (κ3) is 5.80. The van der Waals surface area contributed by atoms with Gasteiger partial charge >= 0.3 is 5.97 Å². The smallest absolute Gasteiger partial charge is 0.307 e. The predicted octanol–water partition coefficient (Wildman–Crippen LogP) is 1.03. The summed E-state index contributed by atoms with van der Waals surface area (Å²) in [6.07, 6.45) is 1.34. The Balaban J connectivity index is 3.66. The molecule has 0 unspecified atom stereocenters. The van der Waals surface area contributed by atoms with Crippen LogP contribution in [-0.2, 0) is 14.3 Å². The van der Waals surface area contributed by atoms with Gasteiger partial charge in [-0.3, -0.25) is 9.59 Å². The average molecular weight is 222 g/mol. The van der Waals surface area contributed by atoms with Crippen molar-refractivity contribution in [3.8, 4) is 0 Å².